The Balaban J connectivity index is 1.58. The lowest BCUT2D eigenvalue weighted by molar-refractivity contribution is -0.135. The summed E-state index contributed by atoms with van der Waals surface area (Å²) in [6.07, 6.45) is 5.19. The number of pyridine rings is 1. The monoisotopic (exact) mass is 467 g/mol. The van der Waals surface area contributed by atoms with Gasteiger partial charge in [-0.25, -0.2) is 14.2 Å². The number of anilines is 1. The van der Waals surface area contributed by atoms with Crippen molar-refractivity contribution in [2.45, 2.75) is 25.8 Å². The summed E-state index contributed by atoms with van der Waals surface area (Å²) in [4.78, 5) is 24.3. The summed E-state index contributed by atoms with van der Waals surface area (Å²) in [5.41, 5.74) is 5.78. The third-order valence-electron chi connectivity index (χ3n) is 6.40. The van der Waals surface area contributed by atoms with Gasteiger partial charge in [0.15, 0.2) is 0 Å². The number of fused-ring (bicyclic) bond motifs is 3. The van der Waals surface area contributed by atoms with E-state index in [0.29, 0.717) is 11.6 Å². The molecule has 0 radical (unpaired) electrons. The number of carbonyl (C=O) groups is 1. The highest BCUT2D eigenvalue weighted by Gasteiger charge is 2.46. The Labute approximate surface area is 201 Å². The summed E-state index contributed by atoms with van der Waals surface area (Å²) in [6.45, 7) is 1.97. The van der Waals surface area contributed by atoms with Gasteiger partial charge in [-0.05, 0) is 66.8 Å². The predicted molar refractivity (Wildman–Crippen MR) is 131 cm³/mol. The zero-order valence-electron chi connectivity index (χ0n) is 19.1. The second kappa shape index (κ2) is 8.47. The van der Waals surface area contributed by atoms with Crippen molar-refractivity contribution in [3.05, 3.63) is 101 Å². The topological polar surface area (TPSA) is 70.4 Å². The molecule has 8 heteroatoms. The lowest BCUT2D eigenvalue weighted by atomic mass is 9.82. The lowest BCUT2D eigenvalue weighted by Gasteiger charge is -2.38. The van der Waals surface area contributed by atoms with E-state index >= 15 is 0 Å². The number of hydrazone groups is 1. The largest absolute Gasteiger partial charge is 0.460 e. The molecule has 3 aromatic rings. The van der Waals surface area contributed by atoms with Crippen molar-refractivity contribution in [3.63, 3.8) is 0 Å². The highest BCUT2D eigenvalue weighted by Crippen LogP contribution is 2.46. The van der Waals surface area contributed by atoms with Crippen LogP contribution in [-0.2, 0) is 16.0 Å². The number of halogens is 1. The number of aliphatic imine (C=N–C) groups is 1. The number of carbonyl (C=O) groups excluding carboxylic acids is 1. The predicted octanol–water partition coefficient (Wildman–Crippen LogP) is 4.69. The van der Waals surface area contributed by atoms with Gasteiger partial charge in [-0.2, -0.15) is 5.01 Å². The first-order valence-corrected chi connectivity index (χ1v) is 11.6. The molecule has 35 heavy (non-hydrogen) atoms. The molecule has 0 N–H and O–H groups in total. The number of benzene rings is 2. The molecule has 0 saturated heterocycles. The molecule has 3 heterocycles. The van der Waals surface area contributed by atoms with Crippen LogP contribution in [0, 0.1) is 5.82 Å². The first kappa shape index (κ1) is 21.2. The molecule has 2 aromatic carbocycles. The second-order valence-electron chi connectivity index (χ2n) is 8.43. The molecule has 0 fully saturated rings. The van der Waals surface area contributed by atoms with E-state index in [1.807, 2.05) is 35.4 Å². The van der Waals surface area contributed by atoms with Crippen molar-refractivity contribution >= 4 is 29.1 Å². The van der Waals surface area contributed by atoms with Crippen molar-refractivity contribution in [1.29, 1.82) is 0 Å². The summed E-state index contributed by atoms with van der Waals surface area (Å²) in [7, 11) is 0. The Bertz CT molecular complexity index is 1400. The normalized spacial score (nSPS) is 18.4. The molecule has 6 rings (SSSR count). The van der Waals surface area contributed by atoms with E-state index in [4.69, 9.17) is 9.73 Å². The van der Waals surface area contributed by atoms with Crippen molar-refractivity contribution in [2.24, 2.45) is 10.1 Å². The van der Waals surface area contributed by atoms with Crippen LogP contribution in [0.1, 0.15) is 36.1 Å². The highest BCUT2D eigenvalue weighted by molar-refractivity contribution is 6.41. The molecule has 2 aliphatic heterocycles. The zero-order valence-corrected chi connectivity index (χ0v) is 19.1. The number of hydrogen-bond acceptors (Lipinski definition) is 7. The quantitative estimate of drug-likeness (QED) is 0.521. The number of nitrogens with zero attached hydrogens (tertiary/aromatic N) is 5. The number of rotatable bonds is 4. The van der Waals surface area contributed by atoms with Gasteiger partial charge in [0.1, 0.15) is 5.82 Å². The molecular weight excluding hydrogens is 445 g/mol. The van der Waals surface area contributed by atoms with Gasteiger partial charge in [0.05, 0.1) is 24.0 Å². The first-order chi connectivity index (χ1) is 17.2. The minimum absolute atomic E-state index is 0.134. The van der Waals surface area contributed by atoms with Crippen molar-refractivity contribution in [1.82, 2.24) is 9.88 Å². The van der Waals surface area contributed by atoms with Crippen LogP contribution in [0.5, 0.6) is 0 Å². The van der Waals surface area contributed by atoms with E-state index in [0.717, 1.165) is 35.2 Å². The van der Waals surface area contributed by atoms with E-state index in [2.05, 4.69) is 22.2 Å². The molecular formula is C27H22FN5O2. The maximum atomic E-state index is 13.7. The van der Waals surface area contributed by atoms with Gasteiger partial charge < -0.3 is 4.74 Å². The van der Waals surface area contributed by atoms with Gasteiger partial charge in [-0.1, -0.05) is 30.3 Å². The molecule has 0 spiro atoms. The van der Waals surface area contributed by atoms with Gasteiger partial charge >= 0.3 is 5.97 Å². The molecule has 3 aliphatic rings. The van der Waals surface area contributed by atoms with Crippen LogP contribution in [0.2, 0.25) is 0 Å². The third kappa shape index (κ3) is 3.49. The maximum Gasteiger partial charge on any atom is 0.376 e. The number of hydrogen-bond donors (Lipinski definition) is 0. The summed E-state index contributed by atoms with van der Waals surface area (Å²) in [5.74, 6) is -0.304. The van der Waals surface area contributed by atoms with Gasteiger partial charge in [0.25, 0.3) is 0 Å². The van der Waals surface area contributed by atoms with Gasteiger partial charge in [-0.15, -0.1) is 5.10 Å². The van der Waals surface area contributed by atoms with Gasteiger partial charge in [-0.3, -0.25) is 9.88 Å². The standard InChI is InChI=1S/C27H22FN5O2/c1-2-35-26(34)25-31-33(20-12-10-19(28)11-13-20)27-30-23-21-8-4-3-6-17(21)9-14-22(23)24(32(25)27)18-7-5-15-29-16-18/h3-8,10-13,15-16,24H,2,9,14H2,1H3/t24-/m1/s1. The minimum atomic E-state index is -0.543. The van der Waals surface area contributed by atoms with Gasteiger partial charge in [0.2, 0.25) is 11.8 Å². The van der Waals surface area contributed by atoms with Crippen LogP contribution >= 0.6 is 0 Å². The highest BCUT2D eigenvalue weighted by atomic mass is 19.1. The summed E-state index contributed by atoms with van der Waals surface area (Å²) >= 11 is 0. The maximum absolute atomic E-state index is 13.7. The second-order valence-corrected chi connectivity index (χ2v) is 8.43. The van der Waals surface area contributed by atoms with Crippen LogP contribution in [0.25, 0.3) is 5.70 Å². The lowest BCUT2D eigenvalue weighted by Crippen LogP contribution is -2.46. The number of esters is 1. The molecule has 0 unspecified atom stereocenters. The smallest absolute Gasteiger partial charge is 0.376 e. The summed E-state index contributed by atoms with van der Waals surface area (Å²) < 4.78 is 19.1. The molecule has 7 nitrogen and oxygen atoms in total. The number of aryl methyl sites for hydroxylation is 1. The van der Waals surface area contributed by atoms with Gasteiger partial charge in [0, 0.05) is 18.0 Å². The van der Waals surface area contributed by atoms with Crippen molar-refractivity contribution in [3.8, 4) is 0 Å². The number of guanidine groups is 1. The average molecular weight is 468 g/mol. The number of amidine groups is 1. The van der Waals surface area contributed by atoms with Crippen LogP contribution in [-0.4, -0.2) is 34.3 Å². The minimum Gasteiger partial charge on any atom is -0.460 e. The summed E-state index contributed by atoms with van der Waals surface area (Å²) in [5, 5.41) is 6.22. The fraction of sp³-hybridized carbons (Fsp3) is 0.185. The SMILES string of the molecule is CCOC(=O)C1=NN(c2ccc(F)cc2)C2=NC3=C(CCc4ccccc43)[C@@H](c3cccnc3)N12. The van der Waals surface area contributed by atoms with Crippen LogP contribution in [0.15, 0.2) is 88.7 Å². The average Bonchev–Trinajstić information content (AvgIpc) is 3.27. The number of ether oxygens (including phenoxy) is 1. The van der Waals surface area contributed by atoms with Crippen LogP contribution < -0.4 is 5.01 Å². The van der Waals surface area contributed by atoms with E-state index < -0.39 is 5.97 Å². The molecule has 0 amide bonds. The Morgan fingerprint density at radius 1 is 1.09 bits per heavy atom. The Kier molecular flexibility index (Phi) is 5.13. The molecule has 1 aromatic heterocycles. The van der Waals surface area contributed by atoms with Crippen LogP contribution in [0.4, 0.5) is 10.1 Å². The summed E-state index contributed by atoms with van der Waals surface area (Å²) in [6, 6.07) is 17.7. The van der Waals surface area contributed by atoms with Crippen LogP contribution in [0.3, 0.4) is 0 Å². The van der Waals surface area contributed by atoms with Crippen molar-refractivity contribution < 1.29 is 13.9 Å². The molecule has 174 valence electrons. The first-order valence-electron chi connectivity index (χ1n) is 11.6. The van der Waals surface area contributed by atoms with E-state index in [-0.39, 0.29) is 24.3 Å². The Morgan fingerprint density at radius 3 is 2.69 bits per heavy atom. The third-order valence-corrected chi connectivity index (χ3v) is 6.40. The van der Waals surface area contributed by atoms with E-state index in [1.165, 1.54) is 17.7 Å². The molecule has 0 saturated carbocycles. The van der Waals surface area contributed by atoms with Crippen molar-refractivity contribution in [2.75, 3.05) is 11.6 Å². The number of aromatic nitrogens is 1. The van der Waals surface area contributed by atoms with E-state index in [9.17, 15) is 9.18 Å². The van der Waals surface area contributed by atoms with E-state index in [1.54, 1.807) is 30.3 Å². The Hall–Kier alpha value is -4.33. The molecule has 1 atom stereocenters. The fourth-order valence-corrected chi connectivity index (χ4v) is 4.89. The molecule has 1 aliphatic carbocycles. The molecule has 0 bridgehead atoms. The fourth-order valence-electron chi connectivity index (χ4n) is 4.89. The zero-order chi connectivity index (χ0) is 23.9. The Morgan fingerprint density at radius 2 is 1.91 bits per heavy atom.